The van der Waals surface area contributed by atoms with Gasteiger partial charge in [0.1, 0.15) is 5.82 Å². The number of aromatic amines is 1. The average Bonchev–Trinajstić information content (AvgIpc) is 3.01. The second-order valence-corrected chi connectivity index (χ2v) is 5.72. The van der Waals surface area contributed by atoms with Gasteiger partial charge in [0.25, 0.3) is 0 Å². The topological polar surface area (TPSA) is 40.7 Å². The van der Waals surface area contributed by atoms with Crippen LogP contribution in [0.1, 0.15) is 29.2 Å². The summed E-state index contributed by atoms with van der Waals surface area (Å²) in [7, 11) is 0. The lowest BCUT2D eigenvalue weighted by Crippen LogP contribution is -2.18. The summed E-state index contributed by atoms with van der Waals surface area (Å²) in [4.78, 5) is 9.31. The molecule has 2 aromatic heterocycles. The molecule has 0 fully saturated rings. The normalized spacial score (nSPS) is 12.9. The number of fused-ring (bicyclic) bond motifs is 1. The van der Waals surface area contributed by atoms with Gasteiger partial charge < -0.3 is 10.3 Å². The Morgan fingerprint density at radius 2 is 2.16 bits per heavy atom. The number of aryl methyl sites for hydroxylation is 1. The van der Waals surface area contributed by atoms with Crippen LogP contribution in [0.25, 0.3) is 11.0 Å². The molecule has 4 heteroatoms. The Kier molecular flexibility index (Phi) is 3.36. The lowest BCUT2D eigenvalue weighted by Gasteiger charge is -2.12. The van der Waals surface area contributed by atoms with Gasteiger partial charge >= 0.3 is 0 Å². The van der Waals surface area contributed by atoms with Gasteiger partial charge in [0.15, 0.2) is 0 Å². The van der Waals surface area contributed by atoms with Crippen LogP contribution in [-0.4, -0.2) is 9.97 Å². The highest BCUT2D eigenvalue weighted by Gasteiger charge is 2.10. The molecule has 0 saturated heterocycles. The molecule has 0 aliphatic rings. The smallest absolute Gasteiger partial charge is 0.121 e. The molecule has 0 amide bonds. The van der Waals surface area contributed by atoms with E-state index in [4.69, 9.17) is 0 Å². The first-order valence-corrected chi connectivity index (χ1v) is 7.33. The minimum absolute atomic E-state index is 0.355. The number of imidazole rings is 1. The first-order chi connectivity index (χ1) is 9.24. The van der Waals surface area contributed by atoms with E-state index in [1.807, 2.05) is 18.2 Å². The quantitative estimate of drug-likeness (QED) is 0.758. The zero-order valence-corrected chi connectivity index (χ0v) is 11.9. The van der Waals surface area contributed by atoms with E-state index in [2.05, 4.69) is 46.6 Å². The summed E-state index contributed by atoms with van der Waals surface area (Å²) in [5, 5.41) is 5.66. The number of rotatable bonds is 4. The number of aromatic nitrogens is 2. The van der Waals surface area contributed by atoms with Crippen molar-refractivity contribution in [1.29, 1.82) is 0 Å². The first kappa shape index (κ1) is 12.4. The number of hydrogen-bond acceptors (Lipinski definition) is 3. The number of benzene rings is 1. The van der Waals surface area contributed by atoms with Crippen molar-refractivity contribution >= 4 is 22.4 Å². The fourth-order valence-corrected chi connectivity index (χ4v) is 3.22. The molecule has 2 heterocycles. The highest BCUT2D eigenvalue weighted by atomic mass is 32.1. The van der Waals surface area contributed by atoms with E-state index >= 15 is 0 Å². The van der Waals surface area contributed by atoms with E-state index in [-0.39, 0.29) is 0 Å². The van der Waals surface area contributed by atoms with Crippen LogP contribution < -0.4 is 5.32 Å². The van der Waals surface area contributed by atoms with Crippen LogP contribution in [-0.2, 0) is 6.54 Å². The molecule has 1 atom stereocenters. The van der Waals surface area contributed by atoms with Crippen LogP contribution in [0.2, 0.25) is 0 Å². The van der Waals surface area contributed by atoms with Crippen molar-refractivity contribution in [2.45, 2.75) is 26.4 Å². The molecule has 3 rings (SSSR count). The molecule has 0 radical (unpaired) electrons. The van der Waals surface area contributed by atoms with E-state index in [0.717, 1.165) is 23.4 Å². The highest BCUT2D eigenvalue weighted by molar-refractivity contribution is 7.10. The van der Waals surface area contributed by atoms with Gasteiger partial charge in [-0.25, -0.2) is 4.98 Å². The number of hydrogen-bond donors (Lipinski definition) is 2. The van der Waals surface area contributed by atoms with Crippen molar-refractivity contribution in [3.63, 3.8) is 0 Å². The fraction of sp³-hybridized carbons (Fsp3) is 0.267. The molecule has 0 aliphatic carbocycles. The van der Waals surface area contributed by atoms with E-state index in [0.29, 0.717) is 6.04 Å². The number of thiophene rings is 1. The molecule has 19 heavy (non-hydrogen) atoms. The van der Waals surface area contributed by atoms with Crippen LogP contribution in [0.15, 0.2) is 35.7 Å². The van der Waals surface area contributed by atoms with Crippen molar-refractivity contribution in [1.82, 2.24) is 15.3 Å². The Morgan fingerprint density at radius 1 is 1.32 bits per heavy atom. The molecule has 0 saturated carbocycles. The molecule has 98 valence electrons. The largest absolute Gasteiger partial charge is 0.341 e. The zero-order valence-electron chi connectivity index (χ0n) is 11.1. The van der Waals surface area contributed by atoms with Gasteiger partial charge in [-0.1, -0.05) is 12.1 Å². The van der Waals surface area contributed by atoms with Gasteiger partial charge in [0.2, 0.25) is 0 Å². The molecule has 3 nitrogen and oxygen atoms in total. The summed E-state index contributed by atoms with van der Waals surface area (Å²) in [6, 6.07) is 10.6. The van der Waals surface area contributed by atoms with Gasteiger partial charge in [-0.3, -0.25) is 0 Å². The molecule has 2 N–H and O–H groups in total. The van der Waals surface area contributed by atoms with Crippen LogP contribution in [0.5, 0.6) is 0 Å². The third-order valence-electron chi connectivity index (χ3n) is 3.31. The minimum atomic E-state index is 0.355. The molecule has 3 aromatic rings. The Balaban J connectivity index is 1.70. The van der Waals surface area contributed by atoms with Crippen LogP contribution >= 0.6 is 11.3 Å². The minimum Gasteiger partial charge on any atom is -0.341 e. The van der Waals surface area contributed by atoms with Gasteiger partial charge in [-0.15, -0.1) is 11.3 Å². The summed E-state index contributed by atoms with van der Waals surface area (Å²) in [5.41, 5.74) is 3.48. The van der Waals surface area contributed by atoms with E-state index in [9.17, 15) is 0 Å². The molecule has 1 unspecified atom stereocenters. The molecule has 0 aliphatic heterocycles. The lowest BCUT2D eigenvalue weighted by molar-refractivity contribution is 0.568. The molecule has 0 bridgehead atoms. The maximum atomic E-state index is 4.57. The van der Waals surface area contributed by atoms with Crippen molar-refractivity contribution in [2.24, 2.45) is 0 Å². The molecule has 0 spiro atoms. The SMILES string of the molecule is Cc1ccsc1C(C)NCc1nc2ccccc2[nH]1. The van der Waals surface area contributed by atoms with E-state index < -0.39 is 0 Å². The predicted octanol–water partition coefficient (Wildman–Crippen LogP) is 3.78. The molecular weight excluding hydrogens is 254 g/mol. The van der Waals surface area contributed by atoms with Gasteiger partial charge in [0.05, 0.1) is 17.6 Å². The van der Waals surface area contributed by atoms with Gasteiger partial charge in [0, 0.05) is 10.9 Å². The second-order valence-electron chi connectivity index (χ2n) is 4.77. The maximum Gasteiger partial charge on any atom is 0.121 e. The molecular formula is C15H17N3S. The zero-order chi connectivity index (χ0) is 13.2. The predicted molar refractivity (Wildman–Crippen MR) is 80.4 cm³/mol. The number of nitrogens with zero attached hydrogens (tertiary/aromatic N) is 1. The number of H-pyrrole nitrogens is 1. The van der Waals surface area contributed by atoms with Crippen LogP contribution in [0, 0.1) is 6.92 Å². The Labute approximate surface area is 116 Å². The summed E-state index contributed by atoms with van der Waals surface area (Å²) in [5.74, 6) is 0.988. The average molecular weight is 271 g/mol. The third kappa shape index (κ3) is 2.55. The monoisotopic (exact) mass is 271 g/mol. The van der Waals surface area contributed by atoms with Crippen molar-refractivity contribution < 1.29 is 0 Å². The van der Waals surface area contributed by atoms with Crippen LogP contribution in [0.3, 0.4) is 0 Å². The highest BCUT2D eigenvalue weighted by Crippen LogP contribution is 2.23. The van der Waals surface area contributed by atoms with Crippen molar-refractivity contribution in [3.8, 4) is 0 Å². The van der Waals surface area contributed by atoms with Crippen LogP contribution in [0.4, 0.5) is 0 Å². The maximum absolute atomic E-state index is 4.57. The summed E-state index contributed by atoms with van der Waals surface area (Å²) in [6.45, 7) is 5.11. The second kappa shape index (κ2) is 5.15. The fourth-order valence-electron chi connectivity index (χ4n) is 2.26. The van der Waals surface area contributed by atoms with Crippen molar-refractivity contribution in [3.05, 3.63) is 52.0 Å². The lowest BCUT2D eigenvalue weighted by atomic mass is 10.2. The van der Waals surface area contributed by atoms with Gasteiger partial charge in [-0.2, -0.15) is 0 Å². The number of nitrogens with one attached hydrogen (secondary N) is 2. The first-order valence-electron chi connectivity index (χ1n) is 6.45. The Morgan fingerprint density at radius 3 is 2.89 bits per heavy atom. The Hall–Kier alpha value is -1.65. The molecule has 1 aromatic carbocycles. The summed E-state index contributed by atoms with van der Waals surface area (Å²) >= 11 is 1.80. The summed E-state index contributed by atoms with van der Waals surface area (Å²) in [6.07, 6.45) is 0. The summed E-state index contributed by atoms with van der Waals surface area (Å²) < 4.78 is 0. The number of para-hydroxylation sites is 2. The van der Waals surface area contributed by atoms with Gasteiger partial charge in [-0.05, 0) is 43.0 Å². The van der Waals surface area contributed by atoms with E-state index in [1.165, 1.54) is 10.4 Å². The standard InChI is InChI=1S/C15H17N3S/c1-10-7-8-19-15(10)11(2)16-9-14-17-12-5-3-4-6-13(12)18-14/h3-8,11,16H,9H2,1-2H3,(H,17,18). The van der Waals surface area contributed by atoms with E-state index in [1.54, 1.807) is 11.3 Å². The van der Waals surface area contributed by atoms with Crippen molar-refractivity contribution in [2.75, 3.05) is 0 Å². The Bertz CT molecular complexity index is 650. The third-order valence-corrected chi connectivity index (χ3v) is 4.51.